The Labute approximate surface area is 113 Å². The standard InChI is InChI=1S/C14H21NO4/c1-10(12(17)18)9-15-11(16)8-14(13(15)19)6-4-2-3-5-7-14/h10H,2-9H2,1H3,(H,17,18). The molecule has 1 atom stereocenters. The number of amides is 2. The second-order valence-electron chi connectivity index (χ2n) is 5.92. The van der Waals surface area contributed by atoms with Crippen molar-refractivity contribution in [2.24, 2.45) is 11.3 Å². The van der Waals surface area contributed by atoms with E-state index >= 15 is 0 Å². The SMILES string of the molecule is CC(CN1C(=O)CC2(CCCCCC2)C1=O)C(=O)O. The molecule has 0 aromatic carbocycles. The van der Waals surface area contributed by atoms with Gasteiger partial charge in [-0.05, 0) is 12.8 Å². The van der Waals surface area contributed by atoms with E-state index in [-0.39, 0.29) is 24.8 Å². The van der Waals surface area contributed by atoms with E-state index in [0.29, 0.717) is 0 Å². The summed E-state index contributed by atoms with van der Waals surface area (Å²) in [5.74, 6) is -2.00. The topological polar surface area (TPSA) is 74.7 Å². The van der Waals surface area contributed by atoms with Gasteiger partial charge in [-0.2, -0.15) is 0 Å². The minimum atomic E-state index is -0.970. The molecule has 1 spiro atoms. The molecule has 1 heterocycles. The number of carbonyl (C=O) groups excluding carboxylic acids is 2. The third-order valence-corrected chi connectivity index (χ3v) is 4.43. The second-order valence-corrected chi connectivity index (χ2v) is 5.92. The van der Waals surface area contributed by atoms with Gasteiger partial charge in [0.1, 0.15) is 0 Å². The molecule has 1 saturated heterocycles. The highest BCUT2D eigenvalue weighted by Gasteiger charge is 2.51. The van der Waals surface area contributed by atoms with Crippen molar-refractivity contribution in [1.29, 1.82) is 0 Å². The lowest BCUT2D eigenvalue weighted by atomic mass is 9.79. The van der Waals surface area contributed by atoms with Crippen molar-refractivity contribution < 1.29 is 19.5 Å². The Kier molecular flexibility index (Phi) is 3.92. The van der Waals surface area contributed by atoms with Crippen molar-refractivity contribution in [3.8, 4) is 0 Å². The zero-order valence-electron chi connectivity index (χ0n) is 11.4. The van der Waals surface area contributed by atoms with E-state index in [1.807, 2.05) is 0 Å². The zero-order chi connectivity index (χ0) is 14.0. The lowest BCUT2D eigenvalue weighted by molar-refractivity contribution is -0.146. The van der Waals surface area contributed by atoms with Gasteiger partial charge in [0, 0.05) is 13.0 Å². The first-order valence-electron chi connectivity index (χ1n) is 7.04. The maximum atomic E-state index is 12.5. The minimum Gasteiger partial charge on any atom is -0.481 e. The van der Waals surface area contributed by atoms with Crippen molar-refractivity contribution in [3.63, 3.8) is 0 Å². The Morgan fingerprint density at radius 1 is 1.26 bits per heavy atom. The molecule has 2 rings (SSSR count). The van der Waals surface area contributed by atoms with Gasteiger partial charge in [0.15, 0.2) is 0 Å². The molecular formula is C14H21NO4. The Morgan fingerprint density at radius 2 is 1.84 bits per heavy atom. The Morgan fingerprint density at radius 3 is 2.37 bits per heavy atom. The summed E-state index contributed by atoms with van der Waals surface area (Å²) in [7, 11) is 0. The molecule has 1 unspecified atom stereocenters. The molecular weight excluding hydrogens is 246 g/mol. The van der Waals surface area contributed by atoms with Crippen LogP contribution in [-0.4, -0.2) is 34.3 Å². The highest BCUT2D eigenvalue weighted by Crippen LogP contribution is 2.44. The van der Waals surface area contributed by atoms with Crippen LogP contribution in [0.1, 0.15) is 51.9 Å². The number of hydrogen-bond donors (Lipinski definition) is 1. The molecule has 0 aromatic rings. The average Bonchev–Trinajstić information content (AvgIpc) is 2.56. The molecule has 5 nitrogen and oxygen atoms in total. The summed E-state index contributed by atoms with van der Waals surface area (Å²) in [6, 6.07) is 0. The Balaban J connectivity index is 2.13. The van der Waals surface area contributed by atoms with E-state index in [9.17, 15) is 14.4 Å². The number of carbonyl (C=O) groups is 3. The summed E-state index contributed by atoms with van der Waals surface area (Å²) in [6.07, 6.45) is 6.04. The van der Waals surface area contributed by atoms with Gasteiger partial charge < -0.3 is 5.11 Å². The first-order chi connectivity index (χ1) is 8.96. The van der Waals surface area contributed by atoms with Gasteiger partial charge in [0.25, 0.3) is 0 Å². The van der Waals surface area contributed by atoms with E-state index in [0.717, 1.165) is 38.5 Å². The average molecular weight is 267 g/mol. The summed E-state index contributed by atoms with van der Waals surface area (Å²) in [5.41, 5.74) is -0.522. The summed E-state index contributed by atoms with van der Waals surface area (Å²) in [4.78, 5) is 36.6. The quantitative estimate of drug-likeness (QED) is 0.791. The molecule has 1 saturated carbocycles. The maximum absolute atomic E-state index is 12.5. The van der Waals surface area contributed by atoms with Gasteiger partial charge in [-0.3, -0.25) is 19.3 Å². The number of carboxylic acid groups (broad SMARTS) is 1. The molecule has 0 aromatic heterocycles. The number of hydrogen-bond acceptors (Lipinski definition) is 3. The molecule has 0 bridgehead atoms. The van der Waals surface area contributed by atoms with E-state index < -0.39 is 17.3 Å². The molecule has 2 amide bonds. The fourth-order valence-electron chi connectivity index (χ4n) is 3.19. The van der Waals surface area contributed by atoms with Crippen LogP contribution in [0.2, 0.25) is 0 Å². The summed E-state index contributed by atoms with van der Waals surface area (Å²) in [6.45, 7) is 1.54. The number of aliphatic carboxylic acids is 1. The highest BCUT2D eigenvalue weighted by atomic mass is 16.4. The second kappa shape index (κ2) is 5.31. The fourth-order valence-corrected chi connectivity index (χ4v) is 3.19. The molecule has 106 valence electrons. The molecule has 1 N–H and O–H groups in total. The first-order valence-corrected chi connectivity index (χ1v) is 7.04. The molecule has 5 heteroatoms. The predicted molar refractivity (Wildman–Crippen MR) is 68.3 cm³/mol. The summed E-state index contributed by atoms with van der Waals surface area (Å²) in [5, 5.41) is 8.91. The van der Waals surface area contributed by atoms with Crippen LogP contribution in [0, 0.1) is 11.3 Å². The van der Waals surface area contributed by atoms with Crippen LogP contribution in [0.25, 0.3) is 0 Å². The first kappa shape index (κ1) is 14.0. The third-order valence-electron chi connectivity index (χ3n) is 4.43. The van der Waals surface area contributed by atoms with Gasteiger partial charge in [-0.15, -0.1) is 0 Å². The number of carboxylic acids is 1. The van der Waals surface area contributed by atoms with E-state index in [1.54, 1.807) is 0 Å². The van der Waals surface area contributed by atoms with E-state index in [4.69, 9.17) is 5.11 Å². The smallest absolute Gasteiger partial charge is 0.308 e. The normalized spacial score (nSPS) is 24.6. The molecule has 0 radical (unpaired) electrons. The van der Waals surface area contributed by atoms with Crippen LogP contribution in [0.5, 0.6) is 0 Å². The van der Waals surface area contributed by atoms with Crippen molar-refractivity contribution in [1.82, 2.24) is 4.90 Å². The monoisotopic (exact) mass is 267 g/mol. The fraction of sp³-hybridized carbons (Fsp3) is 0.786. The highest BCUT2D eigenvalue weighted by molar-refractivity contribution is 6.06. The number of rotatable bonds is 3. The third kappa shape index (κ3) is 2.65. The Bertz CT molecular complexity index is 396. The van der Waals surface area contributed by atoms with Crippen molar-refractivity contribution in [2.45, 2.75) is 51.9 Å². The lowest BCUT2D eigenvalue weighted by Crippen LogP contribution is -2.39. The summed E-state index contributed by atoms with van der Waals surface area (Å²) < 4.78 is 0. The van der Waals surface area contributed by atoms with Crippen LogP contribution in [-0.2, 0) is 14.4 Å². The van der Waals surface area contributed by atoms with Crippen LogP contribution in [0.3, 0.4) is 0 Å². The molecule has 2 aliphatic rings. The number of imide groups is 1. The zero-order valence-corrected chi connectivity index (χ0v) is 11.4. The van der Waals surface area contributed by atoms with E-state index in [1.165, 1.54) is 11.8 Å². The van der Waals surface area contributed by atoms with Crippen LogP contribution >= 0.6 is 0 Å². The number of nitrogens with zero attached hydrogens (tertiary/aromatic N) is 1. The van der Waals surface area contributed by atoms with Gasteiger partial charge in [-0.1, -0.05) is 32.6 Å². The molecule has 1 aliphatic heterocycles. The Hall–Kier alpha value is -1.39. The lowest BCUT2D eigenvalue weighted by Gasteiger charge is -2.25. The van der Waals surface area contributed by atoms with Crippen LogP contribution < -0.4 is 0 Å². The predicted octanol–water partition coefficient (Wildman–Crippen LogP) is 1.81. The van der Waals surface area contributed by atoms with Crippen molar-refractivity contribution in [3.05, 3.63) is 0 Å². The van der Waals surface area contributed by atoms with Crippen molar-refractivity contribution in [2.75, 3.05) is 6.54 Å². The van der Waals surface area contributed by atoms with E-state index in [2.05, 4.69) is 0 Å². The molecule has 19 heavy (non-hydrogen) atoms. The maximum Gasteiger partial charge on any atom is 0.308 e. The van der Waals surface area contributed by atoms with Crippen LogP contribution in [0.4, 0.5) is 0 Å². The largest absolute Gasteiger partial charge is 0.481 e. The summed E-state index contributed by atoms with van der Waals surface area (Å²) >= 11 is 0. The molecule has 1 aliphatic carbocycles. The van der Waals surface area contributed by atoms with Gasteiger partial charge in [0.2, 0.25) is 11.8 Å². The van der Waals surface area contributed by atoms with Crippen LogP contribution in [0.15, 0.2) is 0 Å². The van der Waals surface area contributed by atoms with Gasteiger partial charge >= 0.3 is 5.97 Å². The van der Waals surface area contributed by atoms with Gasteiger partial charge in [-0.25, -0.2) is 0 Å². The molecule has 2 fully saturated rings. The number of likely N-dealkylation sites (tertiary alicyclic amines) is 1. The minimum absolute atomic E-state index is 0.00868. The van der Waals surface area contributed by atoms with Gasteiger partial charge in [0.05, 0.1) is 11.3 Å². The van der Waals surface area contributed by atoms with Crippen molar-refractivity contribution >= 4 is 17.8 Å².